The first-order valence-corrected chi connectivity index (χ1v) is 7.00. The summed E-state index contributed by atoms with van der Waals surface area (Å²) in [5, 5.41) is 3.42. The van der Waals surface area contributed by atoms with Gasteiger partial charge < -0.3 is 10.1 Å². The molecule has 0 saturated carbocycles. The molecule has 0 aromatic heterocycles. The molecule has 0 aliphatic carbocycles. The van der Waals surface area contributed by atoms with Gasteiger partial charge in [0.15, 0.2) is 0 Å². The van der Waals surface area contributed by atoms with Crippen LogP contribution in [0.25, 0.3) is 0 Å². The zero-order chi connectivity index (χ0) is 12.1. The van der Waals surface area contributed by atoms with Crippen molar-refractivity contribution >= 4 is 0 Å². The van der Waals surface area contributed by atoms with Gasteiger partial charge in [-0.3, -0.25) is 0 Å². The van der Waals surface area contributed by atoms with Crippen LogP contribution in [0.5, 0.6) is 0 Å². The molecule has 16 heavy (non-hydrogen) atoms. The monoisotopic (exact) mass is 229 g/mol. The minimum atomic E-state index is 0.808. The first-order valence-electron chi connectivity index (χ1n) is 7.00. The summed E-state index contributed by atoms with van der Waals surface area (Å²) in [5.41, 5.74) is 0. The normalized spacial score (nSPS) is 12.9. The Balaban J connectivity index is 3.08. The van der Waals surface area contributed by atoms with Gasteiger partial charge in [0, 0.05) is 13.7 Å². The van der Waals surface area contributed by atoms with Crippen LogP contribution in [0, 0.1) is 5.92 Å². The van der Waals surface area contributed by atoms with E-state index in [9.17, 15) is 0 Å². The van der Waals surface area contributed by atoms with Crippen LogP contribution < -0.4 is 5.32 Å². The largest absolute Gasteiger partial charge is 0.383 e. The van der Waals surface area contributed by atoms with E-state index in [-0.39, 0.29) is 0 Å². The highest BCUT2D eigenvalue weighted by atomic mass is 16.5. The van der Waals surface area contributed by atoms with Crippen LogP contribution in [0.1, 0.15) is 58.8 Å². The van der Waals surface area contributed by atoms with Gasteiger partial charge in [0.1, 0.15) is 0 Å². The molecule has 0 fully saturated rings. The number of rotatable bonds is 12. The smallest absolute Gasteiger partial charge is 0.0587 e. The number of hydrogen-bond acceptors (Lipinski definition) is 2. The molecule has 2 heteroatoms. The molecule has 0 radical (unpaired) electrons. The molecular formula is C14H31NO. The summed E-state index contributed by atoms with van der Waals surface area (Å²) < 4.78 is 5.00. The van der Waals surface area contributed by atoms with Crippen LogP contribution in [0.2, 0.25) is 0 Å². The van der Waals surface area contributed by atoms with Gasteiger partial charge in [0.25, 0.3) is 0 Å². The minimum Gasteiger partial charge on any atom is -0.383 e. The molecule has 0 rings (SSSR count). The fourth-order valence-electron chi connectivity index (χ4n) is 1.90. The van der Waals surface area contributed by atoms with Gasteiger partial charge >= 0.3 is 0 Å². The number of nitrogens with one attached hydrogen (secondary N) is 1. The summed E-state index contributed by atoms with van der Waals surface area (Å²) in [6.45, 7) is 7.55. The van der Waals surface area contributed by atoms with Gasteiger partial charge in [-0.15, -0.1) is 0 Å². The van der Waals surface area contributed by atoms with Gasteiger partial charge in [-0.1, -0.05) is 52.4 Å². The summed E-state index contributed by atoms with van der Waals surface area (Å²) >= 11 is 0. The summed E-state index contributed by atoms with van der Waals surface area (Å²) in [6, 6.07) is 0. The predicted octanol–water partition coefficient (Wildman–Crippen LogP) is 3.61. The van der Waals surface area contributed by atoms with E-state index in [2.05, 4.69) is 19.2 Å². The van der Waals surface area contributed by atoms with Gasteiger partial charge in [-0.25, -0.2) is 0 Å². The molecule has 2 nitrogen and oxygen atoms in total. The molecule has 0 aliphatic heterocycles. The Labute approximate surface area is 102 Å². The van der Waals surface area contributed by atoms with E-state index in [1.54, 1.807) is 7.11 Å². The van der Waals surface area contributed by atoms with E-state index in [4.69, 9.17) is 4.74 Å². The van der Waals surface area contributed by atoms with Crippen LogP contribution in [-0.4, -0.2) is 26.8 Å². The van der Waals surface area contributed by atoms with E-state index in [0.717, 1.165) is 25.6 Å². The highest BCUT2D eigenvalue weighted by molar-refractivity contribution is 4.57. The second-order valence-electron chi connectivity index (χ2n) is 4.86. The standard InChI is InChI=1S/C14H31NO/c1-4-5-6-7-8-9-10-14(2)13-15-11-12-16-3/h14-15H,4-13H2,1-3H3. The van der Waals surface area contributed by atoms with E-state index in [1.165, 1.54) is 44.9 Å². The second-order valence-corrected chi connectivity index (χ2v) is 4.86. The summed E-state index contributed by atoms with van der Waals surface area (Å²) in [7, 11) is 1.75. The topological polar surface area (TPSA) is 21.3 Å². The van der Waals surface area contributed by atoms with Crippen LogP contribution >= 0.6 is 0 Å². The van der Waals surface area contributed by atoms with E-state index in [0.29, 0.717) is 0 Å². The molecule has 0 aromatic rings. The van der Waals surface area contributed by atoms with Crippen molar-refractivity contribution in [3.05, 3.63) is 0 Å². The fourth-order valence-corrected chi connectivity index (χ4v) is 1.90. The number of unbranched alkanes of at least 4 members (excludes halogenated alkanes) is 5. The Morgan fingerprint density at radius 1 is 1.06 bits per heavy atom. The summed E-state index contributed by atoms with van der Waals surface area (Å²) in [5.74, 6) is 0.808. The Kier molecular flexibility index (Phi) is 12.9. The van der Waals surface area contributed by atoms with Crippen LogP contribution in [0.15, 0.2) is 0 Å². The third kappa shape index (κ3) is 12.0. The zero-order valence-corrected chi connectivity index (χ0v) is 11.6. The fraction of sp³-hybridized carbons (Fsp3) is 1.00. The Morgan fingerprint density at radius 3 is 2.44 bits per heavy atom. The van der Waals surface area contributed by atoms with E-state index < -0.39 is 0 Å². The summed E-state index contributed by atoms with van der Waals surface area (Å²) in [4.78, 5) is 0. The Hall–Kier alpha value is -0.0800. The molecule has 1 N–H and O–H groups in total. The number of ether oxygens (including phenoxy) is 1. The van der Waals surface area contributed by atoms with Crippen molar-refractivity contribution in [1.82, 2.24) is 5.32 Å². The molecule has 0 heterocycles. The number of hydrogen-bond donors (Lipinski definition) is 1. The predicted molar refractivity (Wildman–Crippen MR) is 71.9 cm³/mol. The average molecular weight is 229 g/mol. The van der Waals surface area contributed by atoms with Crippen molar-refractivity contribution in [2.45, 2.75) is 58.8 Å². The quantitative estimate of drug-likeness (QED) is 0.516. The van der Waals surface area contributed by atoms with Gasteiger partial charge in [0.2, 0.25) is 0 Å². The lowest BCUT2D eigenvalue weighted by atomic mass is 10.0. The molecule has 0 spiro atoms. The molecule has 1 unspecified atom stereocenters. The second kappa shape index (κ2) is 13.0. The maximum atomic E-state index is 5.00. The molecule has 0 bridgehead atoms. The molecule has 0 aromatic carbocycles. The van der Waals surface area contributed by atoms with Gasteiger partial charge in [-0.2, -0.15) is 0 Å². The summed E-state index contributed by atoms with van der Waals surface area (Å²) in [6.07, 6.45) is 9.80. The Bertz CT molecular complexity index is 128. The molecule has 0 aliphatic rings. The first kappa shape index (κ1) is 15.9. The van der Waals surface area contributed by atoms with Crippen molar-refractivity contribution in [3.8, 4) is 0 Å². The van der Waals surface area contributed by atoms with Crippen molar-refractivity contribution in [2.75, 3.05) is 26.8 Å². The van der Waals surface area contributed by atoms with Crippen LogP contribution in [0.3, 0.4) is 0 Å². The first-order chi connectivity index (χ1) is 7.81. The van der Waals surface area contributed by atoms with Crippen LogP contribution in [-0.2, 0) is 4.74 Å². The van der Waals surface area contributed by atoms with Crippen molar-refractivity contribution in [1.29, 1.82) is 0 Å². The maximum absolute atomic E-state index is 5.00. The third-order valence-electron chi connectivity index (χ3n) is 3.03. The lowest BCUT2D eigenvalue weighted by Crippen LogP contribution is -2.24. The highest BCUT2D eigenvalue weighted by Crippen LogP contribution is 2.11. The zero-order valence-electron chi connectivity index (χ0n) is 11.6. The SMILES string of the molecule is CCCCCCCCC(C)CNCCOC. The van der Waals surface area contributed by atoms with Crippen molar-refractivity contribution < 1.29 is 4.74 Å². The number of methoxy groups -OCH3 is 1. The van der Waals surface area contributed by atoms with Crippen LogP contribution in [0.4, 0.5) is 0 Å². The van der Waals surface area contributed by atoms with E-state index in [1.807, 2.05) is 0 Å². The minimum absolute atomic E-state index is 0.808. The average Bonchev–Trinajstić information content (AvgIpc) is 2.29. The Morgan fingerprint density at radius 2 is 1.75 bits per heavy atom. The third-order valence-corrected chi connectivity index (χ3v) is 3.03. The van der Waals surface area contributed by atoms with Gasteiger partial charge in [-0.05, 0) is 18.9 Å². The molecule has 98 valence electrons. The maximum Gasteiger partial charge on any atom is 0.0587 e. The molecule has 0 saturated heterocycles. The van der Waals surface area contributed by atoms with Gasteiger partial charge in [0.05, 0.1) is 6.61 Å². The van der Waals surface area contributed by atoms with Crippen molar-refractivity contribution in [2.24, 2.45) is 5.92 Å². The lowest BCUT2D eigenvalue weighted by Gasteiger charge is -2.12. The van der Waals surface area contributed by atoms with Crippen molar-refractivity contribution in [3.63, 3.8) is 0 Å². The highest BCUT2D eigenvalue weighted by Gasteiger charge is 2.00. The molecular weight excluding hydrogens is 198 g/mol. The lowest BCUT2D eigenvalue weighted by molar-refractivity contribution is 0.198. The molecule has 0 amide bonds. The van der Waals surface area contributed by atoms with E-state index >= 15 is 0 Å². The molecule has 1 atom stereocenters.